The van der Waals surface area contributed by atoms with Crippen LogP contribution in [-0.4, -0.2) is 104 Å². The number of ether oxygens (including phenoxy) is 6. The van der Waals surface area contributed by atoms with Crippen LogP contribution in [0.2, 0.25) is 0 Å². The van der Waals surface area contributed by atoms with E-state index in [4.69, 9.17) is 39.9 Å². The molecule has 13 heteroatoms. The molecule has 0 aromatic rings. The van der Waals surface area contributed by atoms with Gasteiger partial charge in [-0.2, -0.15) is 0 Å². The number of rotatable bonds is 20. The molecule has 1 fully saturated rings. The van der Waals surface area contributed by atoms with Gasteiger partial charge in [-0.1, -0.05) is 12.8 Å². The molecule has 1 aliphatic rings. The van der Waals surface area contributed by atoms with Crippen LogP contribution in [-0.2, 0) is 59.1 Å². The first kappa shape index (κ1) is 37.5. The van der Waals surface area contributed by atoms with Crippen molar-refractivity contribution in [1.82, 2.24) is 0 Å². The van der Waals surface area contributed by atoms with Crippen molar-refractivity contribution in [3.63, 3.8) is 0 Å². The number of carboxylic acid groups (broad SMARTS) is 2. The van der Waals surface area contributed by atoms with Crippen LogP contribution in [0, 0.1) is 5.41 Å². The molecule has 0 bridgehead atoms. The first-order valence-electron chi connectivity index (χ1n) is 12.0. The second-order valence-electron chi connectivity index (χ2n) is 8.20. The van der Waals surface area contributed by atoms with Crippen LogP contribution in [0.25, 0.3) is 0 Å². The summed E-state index contributed by atoms with van der Waals surface area (Å²) in [6.45, 7) is 2.54. The molecule has 1 rings (SSSR count). The average molecular weight is 704 g/mol. The minimum absolute atomic E-state index is 0. The van der Waals surface area contributed by atoms with Gasteiger partial charge in [0.2, 0.25) is 0 Å². The zero-order valence-corrected chi connectivity index (χ0v) is 23.8. The predicted molar refractivity (Wildman–Crippen MR) is 123 cm³/mol. The predicted octanol–water partition coefficient (Wildman–Crippen LogP) is -2.18. The second-order valence-corrected chi connectivity index (χ2v) is 8.20. The van der Waals surface area contributed by atoms with Crippen molar-refractivity contribution < 1.29 is 69.3 Å². The Morgan fingerprint density at radius 2 is 0.972 bits per heavy atom. The monoisotopic (exact) mass is 703 g/mol. The van der Waals surface area contributed by atoms with Crippen molar-refractivity contribution in [3.05, 3.63) is 0 Å². The molecule has 12 nitrogen and oxygen atoms in total. The second kappa shape index (κ2) is 24.6. The Bertz CT molecular complexity index is 499. The minimum Gasteiger partial charge on any atom is -0.549 e. The van der Waals surface area contributed by atoms with E-state index in [2.05, 4.69) is 0 Å². The summed E-state index contributed by atoms with van der Waals surface area (Å²) in [6.07, 6.45) is 4.22. The number of aliphatic carboxylic acids is 2. The summed E-state index contributed by atoms with van der Waals surface area (Å²) in [5.41, 5.74) is 9.13. The van der Waals surface area contributed by atoms with Gasteiger partial charge in [0.05, 0.1) is 70.2 Å². The third-order valence-electron chi connectivity index (χ3n) is 5.61. The van der Waals surface area contributed by atoms with E-state index in [0.717, 1.165) is 12.8 Å². The molecule has 0 aromatic carbocycles. The number of nitrogens with two attached hydrogens (primary N) is 2. The molecule has 0 unspecified atom stereocenters. The third-order valence-corrected chi connectivity index (χ3v) is 5.61. The van der Waals surface area contributed by atoms with E-state index in [9.17, 15) is 19.8 Å². The van der Waals surface area contributed by atoms with E-state index in [-0.39, 0.29) is 72.4 Å². The number of hydrogen-bond donors (Lipinski definition) is 2. The van der Waals surface area contributed by atoms with Crippen LogP contribution in [0.15, 0.2) is 0 Å². The maximum Gasteiger partial charge on any atom is 2.00 e. The normalized spacial score (nSPS) is 17.6. The van der Waals surface area contributed by atoms with Crippen molar-refractivity contribution in [1.29, 1.82) is 0 Å². The zero-order chi connectivity index (χ0) is 26.4. The van der Waals surface area contributed by atoms with Gasteiger partial charge in [-0.15, -0.1) is 0 Å². The first-order chi connectivity index (χ1) is 16.8. The maximum absolute atomic E-state index is 11.4. The Morgan fingerprint density at radius 3 is 1.25 bits per heavy atom. The van der Waals surface area contributed by atoms with Crippen molar-refractivity contribution in [3.8, 4) is 0 Å². The van der Waals surface area contributed by atoms with Crippen LogP contribution >= 0.6 is 0 Å². The number of carbonyl (C=O) groups excluding carboxylic acids is 2. The summed E-state index contributed by atoms with van der Waals surface area (Å²) in [7, 11) is 3.11. The third kappa shape index (κ3) is 17.7. The molecule has 0 aromatic heterocycles. The SMILES string of the molecule is COCCOCCOCCC(CCOCCOCCOC)(C(=O)[O-])C(=O)[O-].N[C@@H]1CCCC[C@H]1N.[Pt+2]. The van der Waals surface area contributed by atoms with Crippen molar-refractivity contribution in [2.75, 3.05) is 80.3 Å². The zero-order valence-electron chi connectivity index (χ0n) is 21.5. The fraction of sp³-hybridized carbons (Fsp3) is 0.913. The molecule has 1 aliphatic carbocycles. The number of carbonyl (C=O) groups is 2. The van der Waals surface area contributed by atoms with E-state index in [0.29, 0.717) is 39.6 Å². The summed E-state index contributed by atoms with van der Waals surface area (Å²) in [5.74, 6) is -3.44. The molecule has 0 aliphatic heterocycles. The number of hydrogen-bond acceptors (Lipinski definition) is 12. The van der Waals surface area contributed by atoms with Gasteiger partial charge in [-0.3, -0.25) is 0 Å². The molecule has 0 heterocycles. The molecule has 1 saturated carbocycles. The van der Waals surface area contributed by atoms with E-state index >= 15 is 0 Å². The van der Waals surface area contributed by atoms with E-state index < -0.39 is 17.4 Å². The van der Waals surface area contributed by atoms with Crippen LogP contribution in [0.5, 0.6) is 0 Å². The van der Waals surface area contributed by atoms with Gasteiger partial charge < -0.3 is 59.7 Å². The fourth-order valence-electron chi connectivity index (χ4n) is 3.23. The van der Waals surface area contributed by atoms with Crippen LogP contribution in [0.3, 0.4) is 0 Å². The Kier molecular flexibility index (Phi) is 25.6. The molecule has 0 saturated heterocycles. The molecule has 2 atom stereocenters. The van der Waals surface area contributed by atoms with Crippen molar-refractivity contribution in [2.24, 2.45) is 16.9 Å². The smallest absolute Gasteiger partial charge is 0.549 e. The molecule has 4 N–H and O–H groups in total. The van der Waals surface area contributed by atoms with Gasteiger partial charge in [-0.05, 0) is 25.7 Å². The summed E-state index contributed by atoms with van der Waals surface area (Å²) in [6, 6.07) is 0.562. The van der Waals surface area contributed by atoms with Crippen molar-refractivity contribution in [2.45, 2.75) is 50.6 Å². The quantitative estimate of drug-likeness (QED) is 0.103. The fourth-order valence-corrected chi connectivity index (χ4v) is 3.23. The van der Waals surface area contributed by atoms with Crippen LogP contribution < -0.4 is 21.7 Å². The van der Waals surface area contributed by atoms with Gasteiger partial charge in [-0.25, -0.2) is 0 Å². The van der Waals surface area contributed by atoms with Crippen LogP contribution in [0.4, 0.5) is 0 Å². The molecular formula is C23H44N2O10Pt. The van der Waals surface area contributed by atoms with Crippen molar-refractivity contribution >= 4 is 11.9 Å². The molecule has 0 spiro atoms. The minimum atomic E-state index is -2.17. The van der Waals surface area contributed by atoms with Gasteiger partial charge in [0, 0.05) is 39.5 Å². The molecule has 36 heavy (non-hydrogen) atoms. The Morgan fingerprint density at radius 1 is 0.667 bits per heavy atom. The van der Waals surface area contributed by atoms with Gasteiger partial charge >= 0.3 is 21.1 Å². The van der Waals surface area contributed by atoms with Crippen LogP contribution in [0.1, 0.15) is 38.5 Å². The topological polar surface area (TPSA) is 188 Å². The van der Waals surface area contributed by atoms with Gasteiger partial charge in [0.1, 0.15) is 0 Å². The first-order valence-corrected chi connectivity index (χ1v) is 12.0. The molecular weight excluding hydrogens is 659 g/mol. The maximum atomic E-state index is 11.4. The molecule has 0 radical (unpaired) electrons. The summed E-state index contributed by atoms with van der Waals surface area (Å²) in [4.78, 5) is 22.8. The summed E-state index contributed by atoms with van der Waals surface area (Å²) < 4.78 is 30.4. The van der Waals surface area contributed by atoms with E-state index in [1.165, 1.54) is 12.8 Å². The molecule has 216 valence electrons. The summed E-state index contributed by atoms with van der Waals surface area (Å²) in [5, 5.41) is 22.8. The van der Waals surface area contributed by atoms with E-state index in [1.54, 1.807) is 14.2 Å². The molecule has 0 amide bonds. The average Bonchev–Trinajstić information content (AvgIpc) is 2.83. The number of methoxy groups -OCH3 is 2. The Balaban J connectivity index is 0. The Labute approximate surface area is 228 Å². The largest absolute Gasteiger partial charge is 2.00 e. The standard InChI is InChI=1S/C17H32O10.C6H14N2.Pt/c1-22-7-9-26-13-11-24-5-3-17(15(18)19,16(20)21)4-6-25-12-14-27-10-8-23-2;7-5-3-1-2-4-6(5)8;/h3-14H2,1-2H3,(H,18,19)(H,20,21);5-6H,1-4,7-8H2;/q;;+2/p-2/t;5-,6-;/m.1./s1. The van der Waals surface area contributed by atoms with E-state index in [1.807, 2.05) is 0 Å². The Hall–Kier alpha value is -0.692. The summed E-state index contributed by atoms with van der Waals surface area (Å²) >= 11 is 0. The van der Waals surface area contributed by atoms with Gasteiger partial charge in [0.25, 0.3) is 0 Å². The number of carboxylic acids is 2. The van der Waals surface area contributed by atoms with Gasteiger partial charge in [0.15, 0.2) is 0 Å².